The Hall–Kier alpha value is -3.01. The molecule has 0 amide bonds. The van der Waals surface area contributed by atoms with Crippen LogP contribution >= 0.6 is 0 Å². The van der Waals surface area contributed by atoms with Crippen LogP contribution in [0.15, 0.2) is 69.7 Å². The first-order valence-electron chi connectivity index (χ1n) is 7.41. The van der Waals surface area contributed by atoms with E-state index in [0.717, 1.165) is 22.6 Å². The zero-order chi connectivity index (χ0) is 15.6. The van der Waals surface area contributed by atoms with Gasteiger partial charge in [-0.05, 0) is 42.0 Å². The van der Waals surface area contributed by atoms with Gasteiger partial charge in [0, 0.05) is 0 Å². The molecule has 0 aliphatic carbocycles. The third-order valence-electron chi connectivity index (χ3n) is 3.72. The van der Waals surface area contributed by atoms with Gasteiger partial charge < -0.3 is 13.6 Å². The number of furan rings is 1. The van der Waals surface area contributed by atoms with E-state index in [-0.39, 0.29) is 0 Å². The number of aromatic nitrogens is 1. The highest BCUT2D eigenvalue weighted by atomic mass is 16.5. The molecule has 0 fully saturated rings. The summed E-state index contributed by atoms with van der Waals surface area (Å²) in [5.74, 6) is 2.64. The predicted molar refractivity (Wildman–Crippen MR) is 87.2 cm³/mol. The van der Waals surface area contributed by atoms with E-state index in [2.05, 4.69) is 23.2 Å². The fourth-order valence-electron chi connectivity index (χ4n) is 2.48. The van der Waals surface area contributed by atoms with Crippen LogP contribution in [0.3, 0.4) is 0 Å². The van der Waals surface area contributed by atoms with Gasteiger partial charge in [0.05, 0.1) is 6.26 Å². The van der Waals surface area contributed by atoms with Crippen molar-refractivity contribution in [2.75, 3.05) is 0 Å². The van der Waals surface area contributed by atoms with E-state index < -0.39 is 0 Å². The SMILES string of the molecule is Cc1oc(-c2ccco2)nc1COc1ccc2ccccc2c1. The van der Waals surface area contributed by atoms with Gasteiger partial charge in [0.1, 0.15) is 23.8 Å². The highest BCUT2D eigenvalue weighted by molar-refractivity contribution is 5.83. The molecule has 0 saturated heterocycles. The monoisotopic (exact) mass is 305 g/mol. The number of oxazole rings is 1. The molecule has 2 aromatic heterocycles. The fourth-order valence-corrected chi connectivity index (χ4v) is 2.48. The number of hydrogen-bond donors (Lipinski definition) is 0. The Labute approximate surface area is 133 Å². The van der Waals surface area contributed by atoms with Gasteiger partial charge in [-0.1, -0.05) is 30.3 Å². The van der Waals surface area contributed by atoms with Gasteiger partial charge in [0.2, 0.25) is 0 Å². The summed E-state index contributed by atoms with van der Waals surface area (Å²) in [7, 11) is 0. The van der Waals surface area contributed by atoms with Crippen molar-refractivity contribution in [3.8, 4) is 17.4 Å². The first-order valence-corrected chi connectivity index (χ1v) is 7.41. The summed E-state index contributed by atoms with van der Waals surface area (Å²) in [4.78, 5) is 4.44. The van der Waals surface area contributed by atoms with Gasteiger partial charge in [-0.2, -0.15) is 0 Å². The average molecular weight is 305 g/mol. The summed E-state index contributed by atoms with van der Waals surface area (Å²) in [6.07, 6.45) is 1.60. The summed E-state index contributed by atoms with van der Waals surface area (Å²) in [6, 6.07) is 17.9. The van der Waals surface area contributed by atoms with E-state index in [1.807, 2.05) is 37.3 Å². The Morgan fingerprint density at radius 2 is 1.87 bits per heavy atom. The molecule has 0 spiro atoms. The molecule has 114 valence electrons. The summed E-state index contributed by atoms with van der Waals surface area (Å²) in [5.41, 5.74) is 0.768. The molecule has 23 heavy (non-hydrogen) atoms. The van der Waals surface area contributed by atoms with Crippen molar-refractivity contribution in [2.45, 2.75) is 13.5 Å². The maximum Gasteiger partial charge on any atom is 0.263 e. The second kappa shape index (κ2) is 5.65. The third kappa shape index (κ3) is 2.71. The van der Waals surface area contributed by atoms with Gasteiger partial charge >= 0.3 is 0 Å². The maximum atomic E-state index is 5.86. The molecule has 4 heteroatoms. The van der Waals surface area contributed by atoms with Gasteiger partial charge in [0.15, 0.2) is 5.76 Å². The highest BCUT2D eigenvalue weighted by Crippen LogP contribution is 2.24. The Bertz CT molecular complexity index is 938. The van der Waals surface area contributed by atoms with E-state index in [9.17, 15) is 0 Å². The van der Waals surface area contributed by atoms with Gasteiger partial charge in [0.25, 0.3) is 5.89 Å². The molecule has 0 atom stereocenters. The fraction of sp³-hybridized carbons (Fsp3) is 0.105. The van der Waals surface area contributed by atoms with E-state index >= 15 is 0 Å². The Balaban J connectivity index is 1.54. The number of benzene rings is 2. The normalized spacial score (nSPS) is 11.0. The lowest BCUT2D eigenvalue weighted by atomic mass is 10.1. The van der Waals surface area contributed by atoms with Gasteiger partial charge in [-0.15, -0.1) is 0 Å². The van der Waals surface area contributed by atoms with E-state index in [1.54, 1.807) is 12.3 Å². The first kappa shape index (κ1) is 13.6. The van der Waals surface area contributed by atoms with Crippen molar-refractivity contribution in [3.63, 3.8) is 0 Å². The Morgan fingerprint density at radius 3 is 2.70 bits per heavy atom. The third-order valence-corrected chi connectivity index (χ3v) is 3.72. The molecular formula is C19H15NO3. The average Bonchev–Trinajstić information content (AvgIpc) is 3.22. The van der Waals surface area contributed by atoms with E-state index in [0.29, 0.717) is 18.3 Å². The van der Waals surface area contributed by atoms with Gasteiger partial charge in [-0.25, -0.2) is 4.98 Å². The quantitative estimate of drug-likeness (QED) is 0.534. The molecule has 4 aromatic rings. The standard InChI is InChI=1S/C19H15NO3/c1-13-17(20-19(23-13)18-7-4-10-21-18)12-22-16-9-8-14-5-2-3-6-15(14)11-16/h2-11H,12H2,1H3. The van der Waals surface area contributed by atoms with E-state index in [4.69, 9.17) is 13.6 Å². The van der Waals surface area contributed by atoms with Crippen molar-refractivity contribution < 1.29 is 13.6 Å². The van der Waals surface area contributed by atoms with Crippen LogP contribution in [0.2, 0.25) is 0 Å². The minimum absolute atomic E-state index is 0.356. The maximum absolute atomic E-state index is 5.86. The number of fused-ring (bicyclic) bond motifs is 1. The van der Waals surface area contributed by atoms with Crippen molar-refractivity contribution in [1.82, 2.24) is 4.98 Å². The van der Waals surface area contributed by atoms with E-state index in [1.165, 1.54) is 5.39 Å². The smallest absolute Gasteiger partial charge is 0.263 e. The molecular weight excluding hydrogens is 290 g/mol. The van der Waals surface area contributed by atoms with Crippen LogP contribution in [0.5, 0.6) is 5.75 Å². The zero-order valence-electron chi connectivity index (χ0n) is 12.7. The molecule has 0 unspecified atom stereocenters. The molecule has 0 aliphatic heterocycles. The van der Waals surface area contributed by atoms with Crippen molar-refractivity contribution in [3.05, 3.63) is 72.3 Å². The minimum atomic E-state index is 0.356. The molecule has 4 rings (SSSR count). The number of aryl methyl sites for hydroxylation is 1. The topological polar surface area (TPSA) is 48.4 Å². The van der Waals surface area contributed by atoms with Crippen molar-refractivity contribution >= 4 is 10.8 Å². The lowest BCUT2D eigenvalue weighted by Gasteiger charge is -2.06. The summed E-state index contributed by atoms with van der Waals surface area (Å²) >= 11 is 0. The molecule has 4 nitrogen and oxygen atoms in total. The van der Waals surface area contributed by atoms with Crippen LogP contribution in [0.4, 0.5) is 0 Å². The van der Waals surface area contributed by atoms with Crippen LogP contribution in [-0.2, 0) is 6.61 Å². The summed E-state index contributed by atoms with van der Waals surface area (Å²) < 4.78 is 16.8. The zero-order valence-corrected chi connectivity index (χ0v) is 12.7. The van der Waals surface area contributed by atoms with Crippen molar-refractivity contribution in [1.29, 1.82) is 0 Å². The molecule has 0 radical (unpaired) electrons. The number of ether oxygens (including phenoxy) is 1. The highest BCUT2D eigenvalue weighted by Gasteiger charge is 2.13. The summed E-state index contributed by atoms with van der Waals surface area (Å²) in [6.45, 7) is 2.23. The first-order chi connectivity index (χ1) is 11.3. The molecule has 2 aromatic carbocycles. The van der Waals surface area contributed by atoms with Crippen molar-refractivity contribution in [2.24, 2.45) is 0 Å². The van der Waals surface area contributed by atoms with Crippen LogP contribution in [0.1, 0.15) is 11.5 Å². The summed E-state index contributed by atoms with van der Waals surface area (Å²) in [5, 5.41) is 2.34. The largest absolute Gasteiger partial charge is 0.487 e. The Morgan fingerprint density at radius 1 is 1.00 bits per heavy atom. The van der Waals surface area contributed by atoms with Crippen LogP contribution in [0, 0.1) is 6.92 Å². The van der Waals surface area contributed by atoms with Crippen LogP contribution < -0.4 is 4.74 Å². The predicted octanol–water partition coefficient (Wildman–Crippen LogP) is 4.98. The van der Waals surface area contributed by atoms with Gasteiger partial charge in [-0.3, -0.25) is 0 Å². The minimum Gasteiger partial charge on any atom is -0.487 e. The second-order valence-corrected chi connectivity index (χ2v) is 5.30. The molecule has 0 bridgehead atoms. The molecule has 0 saturated carbocycles. The number of nitrogens with zero attached hydrogens (tertiary/aromatic N) is 1. The molecule has 0 N–H and O–H groups in total. The lowest BCUT2D eigenvalue weighted by molar-refractivity contribution is 0.300. The number of rotatable bonds is 4. The molecule has 2 heterocycles. The molecule has 0 aliphatic rings. The van der Waals surface area contributed by atoms with Crippen LogP contribution in [-0.4, -0.2) is 4.98 Å². The Kier molecular flexibility index (Phi) is 3.35. The van der Waals surface area contributed by atoms with Crippen LogP contribution in [0.25, 0.3) is 22.4 Å². The lowest BCUT2D eigenvalue weighted by Crippen LogP contribution is -1.97. The number of hydrogen-bond acceptors (Lipinski definition) is 4. The second-order valence-electron chi connectivity index (χ2n) is 5.30.